The van der Waals surface area contributed by atoms with Crippen LogP contribution in [-0.4, -0.2) is 23.9 Å². The van der Waals surface area contributed by atoms with Crippen molar-refractivity contribution in [1.82, 2.24) is 4.90 Å². The maximum absolute atomic E-state index is 12.5. The molecule has 1 heterocycles. The Bertz CT molecular complexity index is 289. The molecule has 0 radical (unpaired) electrons. The van der Waals surface area contributed by atoms with E-state index in [-0.39, 0.29) is 5.41 Å². The molecule has 0 aliphatic carbocycles. The van der Waals surface area contributed by atoms with Gasteiger partial charge in [-0.15, -0.1) is 0 Å². The number of carbonyl (C=O) groups is 1. The number of hydrogen-bond donors (Lipinski definition) is 0. The molecule has 1 amide bonds. The van der Waals surface area contributed by atoms with E-state index >= 15 is 0 Å². The van der Waals surface area contributed by atoms with Crippen LogP contribution in [0.2, 0.25) is 0 Å². The SMILES string of the molecule is CCCCCCC1CC(C)(CCCCCC)C(=O)N1C. The van der Waals surface area contributed by atoms with Gasteiger partial charge < -0.3 is 4.90 Å². The van der Waals surface area contributed by atoms with E-state index in [9.17, 15) is 4.79 Å². The van der Waals surface area contributed by atoms with E-state index in [4.69, 9.17) is 0 Å². The van der Waals surface area contributed by atoms with Gasteiger partial charge in [-0.1, -0.05) is 72.1 Å². The van der Waals surface area contributed by atoms with E-state index in [1.807, 2.05) is 11.9 Å². The first-order valence-electron chi connectivity index (χ1n) is 8.82. The minimum Gasteiger partial charge on any atom is -0.342 e. The molecule has 1 fully saturated rings. The summed E-state index contributed by atoms with van der Waals surface area (Å²) in [4.78, 5) is 14.6. The second kappa shape index (κ2) is 8.69. The number of amides is 1. The zero-order chi connectivity index (χ0) is 15.0. The van der Waals surface area contributed by atoms with Crippen molar-refractivity contribution in [2.24, 2.45) is 5.41 Å². The number of nitrogens with zero attached hydrogens (tertiary/aromatic N) is 1. The number of hydrogen-bond acceptors (Lipinski definition) is 1. The summed E-state index contributed by atoms with van der Waals surface area (Å²) in [7, 11) is 2.02. The molecule has 0 N–H and O–H groups in total. The fraction of sp³-hybridized carbons (Fsp3) is 0.944. The van der Waals surface area contributed by atoms with E-state index in [2.05, 4.69) is 20.8 Å². The van der Waals surface area contributed by atoms with E-state index in [0.29, 0.717) is 11.9 Å². The van der Waals surface area contributed by atoms with Crippen LogP contribution in [-0.2, 0) is 4.79 Å². The first kappa shape index (κ1) is 17.5. The molecule has 0 spiro atoms. The molecule has 0 bridgehead atoms. The van der Waals surface area contributed by atoms with Crippen LogP contribution in [0.15, 0.2) is 0 Å². The molecule has 1 aliphatic heterocycles. The van der Waals surface area contributed by atoms with Gasteiger partial charge in [-0.05, 0) is 19.3 Å². The summed E-state index contributed by atoms with van der Waals surface area (Å²) >= 11 is 0. The minimum absolute atomic E-state index is 0.0715. The van der Waals surface area contributed by atoms with Crippen molar-refractivity contribution in [3.05, 3.63) is 0 Å². The molecule has 2 nitrogen and oxygen atoms in total. The summed E-state index contributed by atoms with van der Waals surface area (Å²) in [5.41, 5.74) is -0.0715. The highest BCUT2D eigenvalue weighted by molar-refractivity contribution is 5.84. The summed E-state index contributed by atoms with van der Waals surface area (Å²) < 4.78 is 0. The topological polar surface area (TPSA) is 20.3 Å². The van der Waals surface area contributed by atoms with Crippen molar-refractivity contribution in [3.63, 3.8) is 0 Å². The van der Waals surface area contributed by atoms with Crippen molar-refractivity contribution in [1.29, 1.82) is 0 Å². The van der Waals surface area contributed by atoms with Gasteiger partial charge in [0.15, 0.2) is 0 Å². The van der Waals surface area contributed by atoms with Gasteiger partial charge in [0, 0.05) is 18.5 Å². The molecule has 118 valence electrons. The highest BCUT2D eigenvalue weighted by atomic mass is 16.2. The first-order chi connectivity index (χ1) is 9.55. The third-order valence-corrected chi connectivity index (χ3v) is 5.04. The van der Waals surface area contributed by atoms with Gasteiger partial charge in [0.05, 0.1) is 0 Å². The van der Waals surface area contributed by atoms with E-state index in [1.54, 1.807) is 0 Å². The molecule has 0 aromatic carbocycles. The molecule has 1 saturated heterocycles. The normalized spacial score (nSPS) is 26.5. The van der Waals surface area contributed by atoms with E-state index in [0.717, 1.165) is 12.8 Å². The van der Waals surface area contributed by atoms with E-state index < -0.39 is 0 Å². The second-order valence-corrected chi connectivity index (χ2v) is 6.99. The van der Waals surface area contributed by atoms with Crippen molar-refractivity contribution in [3.8, 4) is 0 Å². The highest BCUT2D eigenvalue weighted by Gasteiger charge is 2.45. The third-order valence-electron chi connectivity index (χ3n) is 5.04. The van der Waals surface area contributed by atoms with E-state index in [1.165, 1.54) is 57.8 Å². The number of rotatable bonds is 10. The van der Waals surface area contributed by atoms with Gasteiger partial charge in [-0.25, -0.2) is 0 Å². The molecular weight excluding hydrogens is 246 g/mol. The Balaban J connectivity index is 2.39. The lowest BCUT2D eigenvalue weighted by Crippen LogP contribution is -2.32. The van der Waals surface area contributed by atoms with Crippen molar-refractivity contribution in [2.45, 2.75) is 97.4 Å². The summed E-state index contributed by atoms with van der Waals surface area (Å²) in [6, 6.07) is 0.496. The Hall–Kier alpha value is -0.530. The van der Waals surface area contributed by atoms with Crippen LogP contribution in [0.1, 0.15) is 91.4 Å². The molecule has 2 heteroatoms. The quantitative estimate of drug-likeness (QED) is 0.506. The molecule has 1 rings (SSSR count). The standard InChI is InChI=1S/C18H35NO/c1-5-7-9-11-13-16-15-18(3,17(20)19(16)4)14-12-10-8-6-2/h16H,5-15H2,1-4H3. The van der Waals surface area contributed by atoms with Gasteiger partial charge in [-0.2, -0.15) is 0 Å². The van der Waals surface area contributed by atoms with Crippen molar-refractivity contribution in [2.75, 3.05) is 7.05 Å². The van der Waals surface area contributed by atoms with Crippen molar-refractivity contribution < 1.29 is 4.79 Å². The van der Waals surface area contributed by atoms with Crippen LogP contribution in [0.5, 0.6) is 0 Å². The molecule has 20 heavy (non-hydrogen) atoms. The smallest absolute Gasteiger partial charge is 0.228 e. The molecule has 2 atom stereocenters. The van der Waals surface area contributed by atoms with Crippen LogP contribution in [0.25, 0.3) is 0 Å². The molecular formula is C18H35NO. The largest absolute Gasteiger partial charge is 0.342 e. The van der Waals surface area contributed by atoms with Crippen LogP contribution >= 0.6 is 0 Å². The first-order valence-corrected chi connectivity index (χ1v) is 8.82. The number of likely N-dealkylation sites (tertiary alicyclic amines) is 1. The summed E-state index contributed by atoms with van der Waals surface area (Å²) in [6.07, 6.45) is 13.7. The zero-order valence-electron chi connectivity index (χ0n) is 14.2. The number of unbranched alkanes of at least 4 members (excludes halogenated alkanes) is 6. The fourth-order valence-electron chi connectivity index (χ4n) is 3.59. The predicted molar refractivity (Wildman–Crippen MR) is 86.8 cm³/mol. The summed E-state index contributed by atoms with van der Waals surface area (Å²) in [5.74, 6) is 0.398. The lowest BCUT2D eigenvalue weighted by molar-refractivity contribution is -0.135. The zero-order valence-corrected chi connectivity index (χ0v) is 14.2. The lowest BCUT2D eigenvalue weighted by Gasteiger charge is -2.21. The number of carbonyl (C=O) groups excluding carboxylic acids is 1. The highest BCUT2D eigenvalue weighted by Crippen LogP contribution is 2.41. The molecule has 0 aromatic rings. The lowest BCUT2D eigenvalue weighted by atomic mass is 9.81. The Morgan fingerprint density at radius 1 is 1.05 bits per heavy atom. The Morgan fingerprint density at radius 2 is 1.65 bits per heavy atom. The van der Waals surface area contributed by atoms with Gasteiger partial charge >= 0.3 is 0 Å². The Labute approximate surface area is 126 Å². The third kappa shape index (κ3) is 4.79. The maximum Gasteiger partial charge on any atom is 0.228 e. The van der Waals surface area contributed by atoms with Crippen LogP contribution in [0, 0.1) is 5.41 Å². The van der Waals surface area contributed by atoms with Crippen LogP contribution in [0.3, 0.4) is 0 Å². The maximum atomic E-state index is 12.5. The molecule has 1 aliphatic rings. The van der Waals surface area contributed by atoms with Gasteiger partial charge in [-0.3, -0.25) is 4.79 Å². The fourth-order valence-corrected chi connectivity index (χ4v) is 3.59. The summed E-state index contributed by atoms with van der Waals surface area (Å²) in [6.45, 7) is 6.69. The average molecular weight is 281 g/mol. The van der Waals surface area contributed by atoms with Gasteiger partial charge in [0.2, 0.25) is 5.91 Å². The van der Waals surface area contributed by atoms with Gasteiger partial charge in [0.25, 0.3) is 0 Å². The molecule has 2 unspecified atom stereocenters. The van der Waals surface area contributed by atoms with Crippen molar-refractivity contribution >= 4 is 5.91 Å². The monoisotopic (exact) mass is 281 g/mol. The predicted octanol–water partition coefficient (Wildman–Crippen LogP) is 5.16. The molecule has 0 aromatic heterocycles. The second-order valence-electron chi connectivity index (χ2n) is 6.99. The summed E-state index contributed by atoms with van der Waals surface area (Å²) in [5, 5.41) is 0. The average Bonchev–Trinajstić information content (AvgIpc) is 2.65. The Kier molecular flexibility index (Phi) is 7.61. The Morgan fingerprint density at radius 3 is 2.25 bits per heavy atom. The minimum atomic E-state index is -0.0715. The molecule has 0 saturated carbocycles. The van der Waals surface area contributed by atoms with Crippen LogP contribution < -0.4 is 0 Å². The van der Waals surface area contributed by atoms with Gasteiger partial charge in [0.1, 0.15) is 0 Å². The van der Waals surface area contributed by atoms with Crippen LogP contribution in [0.4, 0.5) is 0 Å².